The predicted octanol–water partition coefficient (Wildman–Crippen LogP) is 3.66. The highest BCUT2D eigenvalue weighted by molar-refractivity contribution is 6.29. The number of halogens is 1. The minimum atomic E-state index is 0.00745. The molecule has 0 amide bonds. The lowest BCUT2D eigenvalue weighted by molar-refractivity contribution is 0.222. The van der Waals surface area contributed by atoms with Crippen molar-refractivity contribution >= 4 is 23.1 Å². The molecule has 18 heavy (non-hydrogen) atoms. The van der Waals surface area contributed by atoms with Crippen molar-refractivity contribution in [2.24, 2.45) is 0 Å². The van der Waals surface area contributed by atoms with Gasteiger partial charge in [-0.25, -0.2) is 0 Å². The molecule has 4 nitrogen and oxygen atoms in total. The Labute approximate surface area is 111 Å². The number of benzene rings is 1. The number of ether oxygens (including phenoxy) is 1. The normalized spacial score (nSPS) is 10.4. The molecular formula is C13H14ClN3O. The van der Waals surface area contributed by atoms with Crippen LogP contribution in [0.1, 0.15) is 13.8 Å². The topological polar surface area (TPSA) is 47.0 Å². The van der Waals surface area contributed by atoms with Gasteiger partial charge in [0.1, 0.15) is 11.0 Å². The fraction of sp³-hybridized carbons (Fsp3) is 0.231. The summed E-state index contributed by atoms with van der Waals surface area (Å²) in [5.74, 6) is 0.608. The fourth-order valence-corrected chi connectivity index (χ4v) is 1.57. The number of hydrogen-bond donors (Lipinski definition) is 1. The summed E-state index contributed by atoms with van der Waals surface area (Å²) in [5, 5.41) is 3.49. The number of nitrogens with one attached hydrogen (secondary N) is 1. The zero-order chi connectivity index (χ0) is 13.0. The maximum absolute atomic E-state index is 5.93. The molecule has 0 radical (unpaired) electrons. The summed E-state index contributed by atoms with van der Waals surface area (Å²) >= 11 is 5.93. The van der Waals surface area contributed by atoms with E-state index >= 15 is 0 Å². The molecule has 94 valence electrons. The highest BCUT2D eigenvalue weighted by atomic mass is 35.5. The summed E-state index contributed by atoms with van der Waals surface area (Å²) in [7, 11) is 0. The lowest BCUT2D eigenvalue weighted by atomic mass is 10.3. The summed E-state index contributed by atoms with van der Waals surface area (Å²) < 4.78 is 5.43. The average molecular weight is 264 g/mol. The first kappa shape index (κ1) is 12.6. The van der Waals surface area contributed by atoms with Crippen molar-refractivity contribution in [3.8, 4) is 6.01 Å². The highest BCUT2D eigenvalue weighted by Gasteiger charge is 2.06. The van der Waals surface area contributed by atoms with Gasteiger partial charge in [0, 0.05) is 11.8 Å². The van der Waals surface area contributed by atoms with Gasteiger partial charge >= 0.3 is 6.01 Å². The number of rotatable bonds is 4. The molecule has 1 aromatic heterocycles. The van der Waals surface area contributed by atoms with Crippen LogP contribution in [0.5, 0.6) is 6.01 Å². The molecule has 1 aromatic carbocycles. The molecule has 1 heterocycles. The van der Waals surface area contributed by atoms with E-state index in [0.29, 0.717) is 11.0 Å². The van der Waals surface area contributed by atoms with Crippen LogP contribution in [0.4, 0.5) is 11.5 Å². The first-order chi connectivity index (χ1) is 8.63. The molecule has 0 saturated carbocycles. The number of nitrogens with zero attached hydrogens (tertiary/aromatic N) is 2. The van der Waals surface area contributed by atoms with E-state index in [-0.39, 0.29) is 12.1 Å². The van der Waals surface area contributed by atoms with Crippen molar-refractivity contribution in [3.63, 3.8) is 0 Å². The van der Waals surface area contributed by atoms with Crippen molar-refractivity contribution in [3.05, 3.63) is 41.6 Å². The van der Waals surface area contributed by atoms with E-state index in [2.05, 4.69) is 15.3 Å². The largest absolute Gasteiger partial charge is 0.461 e. The van der Waals surface area contributed by atoms with Gasteiger partial charge < -0.3 is 10.1 Å². The van der Waals surface area contributed by atoms with Gasteiger partial charge in [-0.1, -0.05) is 29.8 Å². The van der Waals surface area contributed by atoms with Gasteiger partial charge in [0.25, 0.3) is 0 Å². The van der Waals surface area contributed by atoms with Crippen molar-refractivity contribution < 1.29 is 4.74 Å². The first-order valence-electron chi connectivity index (χ1n) is 5.67. The molecule has 0 unspecified atom stereocenters. The van der Waals surface area contributed by atoms with E-state index in [1.165, 1.54) is 0 Å². The van der Waals surface area contributed by atoms with E-state index in [1.54, 1.807) is 6.07 Å². The predicted molar refractivity (Wildman–Crippen MR) is 72.5 cm³/mol. The molecule has 0 spiro atoms. The van der Waals surface area contributed by atoms with Gasteiger partial charge in [0.2, 0.25) is 0 Å². The Morgan fingerprint density at radius 1 is 1.17 bits per heavy atom. The molecule has 0 atom stereocenters. The zero-order valence-corrected chi connectivity index (χ0v) is 11.0. The van der Waals surface area contributed by atoms with Crippen LogP contribution in [0, 0.1) is 0 Å². The lowest BCUT2D eigenvalue weighted by Crippen LogP contribution is -2.09. The molecule has 2 aromatic rings. The van der Waals surface area contributed by atoms with Gasteiger partial charge in [0.05, 0.1) is 6.10 Å². The standard InChI is InChI=1S/C13H14ClN3O/c1-9(2)18-13-16-11(14)8-12(17-13)15-10-6-4-3-5-7-10/h3-9H,1-2H3,(H,15,16,17). The second-order valence-corrected chi connectivity index (χ2v) is 4.40. The molecule has 0 aliphatic rings. The summed E-state index contributed by atoms with van der Waals surface area (Å²) in [6.45, 7) is 3.82. The SMILES string of the molecule is CC(C)Oc1nc(Cl)cc(Nc2ccccc2)n1. The number of anilines is 2. The molecule has 2 rings (SSSR count). The van der Waals surface area contributed by atoms with Crippen LogP contribution < -0.4 is 10.1 Å². The minimum Gasteiger partial charge on any atom is -0.461 e. The Bertz CT molecular complexity index is 517. The van der Waals surface area contributed by atoms with Crippen LogP contribution in [-0.4, -0.2) is 16.1 Å². The van der Waals surface area contributed by atoms with Gasteiger partial charge in [0.15, 0.2) is 0 Å². The van der Waals surface area contributed by atoms with Gasteiger partial charge in [-0.05, 0) is 26.0 Å². The third kappa shape index (κ3) is 3.60. The monoisotopic (exact) mass is 263 g/mol. The molecule has 5 heteroatoms. The van der Waals surface area contributed by atoms with Gasteiger partial charge in [-0.15, -0.1) is 0 Å². The number of hydrogen-bond acceptors (Lipinski definition) is 4. The molecule has 0 aliphatic heterocycles. The van der Waals surface area contributed by atoms with E-state index in [1.807, 2.05) is 44.2 Å². The summed E-state index contributed by atoms with van der Waals surface area (Å²) in [5.41, 5.74) is 0.933. The van der Waals surface area contributed by atoms with Crippen molar-refractivity contribution in [1.29, 1.82) is 0 Å². The van der Waals surface area contributed by atoms with E-state index in [4.69, 9.17) is 16.3 Å². The van der Waals surface area contributed by atoms with E-state index < -0.39 is 0 Å². The molecule has 0 saturated heterocycles. The van der Waals surface area contributed by atoms with Crippen LogP contribution in [0.3, 0.4) is 0 Å². The fourth-order valence-electron chi connectivity index (χ4n) is 1.39. The third-order valence-electron chi connectivity index (χ3n) is 2.06. The maximum atomic E-state index is 5.93. The zero-order valence-electron chi connectivity index (χ0n) is 10.2. The van der Waals surface area contributed by atoms with Crippen LogP contribution in [0.25, 0.3) is 0 Å². The molecule has 0 fully saturated rings. The number of aromatic nitrogens is 2. The Kier molecular flexibility index (Phi) is 3.99. The van der Waals surface area contributed by atoms with Gasteiger partial charge in [-0.2, -0.15) is 9.97 Å². The van der Waals surface area contributed by atoms with Crippen LogP contribution >= 0.6 is 11.6 Å². The quantitative estimate of drug-likeness (QED) is 0.855. The summed E-state index contributed by atoms with van der Waals surface area (Å²) in [6.07, 6.45) is 0.00745. The third-order valence-corrected chi connectivity index (χ3v) is 2.26. The van der Waals surface area contributed by atoms with Crippen LogP contribution in [0.2, 0.25) is 5.15 Å². The smallest absolute Gasteiger partial charge is 0.320 e. The lowest BCUT2D eigenvalue weighted by Gasteiger charge is -2.10. The minimum absolute atomic E-state index is 0.00745. The van der Waals surface area contributed by atoms with Crippen LogP contribution in [-0.2, 0) is 0 Å². The molecular weight excluding hydrogens is 250 g/mol. The Hall–Kier alpha value is -1.81. The second kappa shape index (κ2) is 5.69. The number of para-hydroxylation sites is 1. The van der Waals surface area contributed by atoms with E-state index in [0.717, 1.165) is 5.69 Å². The highest BCUT2D eigenvalue weighted by Crippen LogP contribution is 2.20. The van der Waals surface area contributed by atoms with Crippen molar-refractivity contribution in [1.82, 2.24) is 9.97 Å². The average Bonchev–Trinajstić information content (AvgIpc) is 2.28. The maximum Gasteiger partial charge on any atom is 0.320 e. The van der Waals surface area contributed by atoms with E-state index in [9.17, 15) is 0 Å². The molecule has 1 N–H and O–H groups in total. The van der Waals surface area contributed by atoms with Gasteiger partial charge in [-0.3, -0.25) is 0 Å². The first-order valence-corrected chi connectivity index (χ1v) is 6.04. The summed E-state index contributed by atoms with van der Waals surface area (Å²) in [4.78, 5) is 8.25. The summed E-state index contributed by atoms with van der Waals surface area (Å²) in [6, 6.07) is 11.6. The van der Waals surface area contributed by atoms with Crippen molar-refractivity contribution in [2.45, 2.75) is 20.0 Å². The Morgan fingerprint density at radius 2 is 1.89 bits per heavy atom. The van der Waals surface area contributed by atoms with Crippen molar-refractivity contribution in [2.75, 3.05) is 5.32 Å². The van der Waals surface area contributed by atoms with Crippen LogP contribution in [0.15, 0.2) is 36.4 Å². The molecule has 0 bridgehead atoms. The molecule has 0 aliphatic carbocycles. The Balaban J connectivity index is 2.20. The Morgan fingerprint density at radius 3 is 2.56 bits per heavy atom. The second-order valence-electron chi connectivity index (χ2n) is 4.02.